The van der Waals surface area contributed by atoms with Gasteiger partial charge in [0, 0.05) is 0 Å². The molecule has 0 aliphatic heterocycles. The van der Waals surface area contributed by atoms with Crippen LogP contribution in [0.25, 0.3) is 0 Å². The van der Waals surface area contributed by atoms with E-state index >= 15 is 0 Å². The number of nitrogens with zero attached hydrogens (tertiary/aromatic N) is 1. The molecular formula is C28H23BrNO2P. The van der Waals surface area contributed by atoms with Gasteiger partial charge in [-0.2, -0.15) is 0 Å². The molecule has 0 radical (unpaired) electrons. The predicted octanol–water partition coefficient (Wildman–Crippen LogP) is 5.68. The third kappa shape index (κ3) is 4.00. The molecule has 0 spiro atoms. The first kappa shape index (κ1) is 22.9. The van der Waals surface area contributed by atoms with Crippen LogP contribution in [0.3, 0.4) is 0 Å². The average Bonchev–Trinajstić information content (AvgIpc) is 2.89. The Balaban J connectivity index is 2.13. The Morgan fingerprint density at radius 1 is 0.818 bits per heavy atom. The van der Waals surface area contributed by atoms with Crippen molar-refractivity contribution >= 4 is 42.7 Å². The van der Waals surface area contributed by atoms with Crippen molar-refractivity contribution in [1.29, 1.82) is 5.26 Å². The molecule has 0 aromatic heterocycles. The summed E-state index contributed by atoms with van der Waals surface area (Å²) >= 11 is 4.40. The molecule has 3 nitrogen and oxygen atoms in total. The fraction of sp³-hybridized carbons (Fsp3) is 0.0714. The number of rotatable bonds is 6. The topological polar surface area (TPSA) is 50.1 Å². The second-order valence-corrected chi connectivity index (χ2v) is 16.7. The first-order chi connectivity index (χ1) is 16.0. The molecule has 0 aliphatic rings. The van der Waals surface area contributed by atoms with Crippen molar-refractivity contribution in [2.24, 2.45) is 0 Å². The van der Waals surface area contributed by atoms with Crippen LogP contribution in [0.15, 0.2) is 109 Å². The molecule has 4 aromatic carbocycles. The van der Waals surface area contributed by atoms with Gasteiger partial charge in [0.05, 0.1) is 0 Å². The molecule has 4 aromatic rings. The monoisotopic (exact) mass is 515 g/mol. The number of esters is 1. The number of carbonyl (C=O) groups excluding carboxylic acids is 1. The Morgan fingerprint density at radius 2 is 1.33 bits per heavy atom. The van der Waals surface area contributed by atoms with Gasteiger partial charge in [-0.3, -0.25) is 0 Å². The van der Waals surface area contributed by atoms with Gasteiger partial charge >= 0.3 is 203 Å². The minimum atomic E-state index is -3.41. The molecule has 0 unspecified atom stereocenters. The zero-order chi connectivity index (χ0) is 23.3. The number of hydrogen-bond acceptors (Lipinski definition) is 3. The zero-order valence-electron chi connectivity index (χ0n) is 18.2. The van der Waals surface area contributed by atoms with Crippen molar-refractivity contribution in [1.82, 2.24) is 0 Å². The van der Waals surface area contributed by atoms with Gasteiger partial charge in [-0.05, 0) is 0 Å². The van der Waals surface area contributed by atoms with E-state index in [0.717, 1.165) is 21.5 Å². The Kier molecular flexibility index (Phi) is 6.47. The third-order valence-corrected chi connectivity index (χ3v) is 15.4. The van der Waals surface area contributed by atoms with E-state index in [2.05, 4.69) is 45.8 Å². The maximum atomic E-state index is 13.0. The number of hydrogen-bond donors (Lipinski definition) is 0. The molecule has 0 bridgehead atoms. The molecule has 4 rings (SSSR count). The molecule has 0 fully saturated rings. The van der Waals surface area contributed by atoms with Gasteiger partial charge in [-0.1, -0.05) is 0 Å². The van der Waals surface area contributed by atoms with E-state index in [0.29, 0.717) is 17.3 Å². The van der Waals surface area contributed by atoms with Gasteiger partial charge in [-0.25, -0.2) is 0 Å². The van der Waals surface area contributed by atoms with Crippen LogP contribution in [0.2, 0.25) is 0 Å². The summed E-state index contributed by atoms with van der Waals surface area (Å²) in [6.45, 7) is 0. The van der Waals surface area contributed by atoms with Gasteiger partial charge < -0.3 is 0 Å². The van der Waals surface area contributed by atoms with E-state index in [-0.39, 0.29) is 5.97 Å². The summed E-state index contributed by atoms with van der Waals surface area (Å²) in [4.78, 5) is 13.0. The van der Waals surface area contributed by atoms with Crippen LogP contribution in [0, 0.1) is 11.3 Å². The van der Waals surface area contributed by atoms with Gasteiger partial charge in [0.25, 0.3) is 0 Å². The summed E-state index contributed by atoms with van der Waals surface area (Å²) in [6.07, 6.45) is 0.624. The summed E-state index contributed by atoms with van der Waals surface area (Å²) in [7, 11) is 1.41. The minimum absolute atomic E-state index is 0.370. The first-order valence-electron chi connectivity index (χ1n) is 10.5. The quantitative estimate of drug-likeness (QED) is 0.245. The average molecular weight is 516 g/mol. The van der Waals surface area contributed by atoms with E-state index in [4.69, 9.17) is 4.74 Å². The summed E-state index contributed by atoms with van der Waals surface area (Å²) in [5.74, 6) is -0.370. The van der Waals surface area contributed by atoms with Crippen LogP contribution in [0.4, 0.5) is 0 Å². The standard InChI is InChI=1S/C28H23BrNO2P/c1-32-28(31)26-14-8-9-15-27(26)33(29,24-10-4-2-5-11-24,25-12-6-3-7-13-25)21-23-18-16-22(20-30)17-19-23/h2-19H,21H2,1H3. The molecular weight excluding hydrogens is 493 g/mol. The van der Waals surface area contributed by atoms with E-state index in [9.17, 15) is 10.1 Å². The summed E-state index contributed by atoms with van der Waals surface area (Å²) < 4.78 is 5.19. The van der Waals surface area contributed by atoms with Crippen LogP contribution < -0.4 is 15.9 Å². The zero-order valence-corrected chi connectivity index (χ0v) is 20.7. The summed E-state index contributed by atoms with van der Waals surface area (Å²) in [5.41, 5.74) is 2.22. The molecule has 0 saturated heterocycles. The number of nitriles is 1. The Morgan fingerprint density at radius 3 is 1.85 bits per heavy atom. The third-order valence-electron chi connectivity index (χ3n) is 5.96. The van der Waals surface area contributed by atoms with Gasteiger partial charge in [0.2, 0.25) is 0 Å². The van der Waals surface area contributed by atoms with Crippen molar-refractivity contribution in [2.45, 2.75) is 6.16 Å². The van der Waals surface area contributed by atoms with Crippen LogP contribution in [-0.4, -0.2) is 13.1 Å². The molecule has 0 atom stereocenters. The van der Waals surface area contributed by atoms with Crippen LogP contribution in [0.5, 0.6) is 0 Å². The fourth-order valence-electron chi connectivity index (χ4n) is 4.36. The molecule has 33 heavy (non-hydrogen) atoms. The van der Waals surface area contributed by atoms with Crippen molar-refractivity contribution in [3.8, 4) is 6.07 Å². The van der Waals surface area contributed by atoms with Crippen LogP contribution in [0.1, 0.15) is 21.5 Å². The van der Waals surface area contributed by atoms with Crippen molar-refractivity contribution in [3.63, 3.8) is 0 Å². The number of ether oxygens (including phenoxy) is 1. The first-order valence-corrected chi connectivity index (χ1v) is 15.0. The van der Waals surface area contributed by atoms with E-state index < -0.39 is 5.31 Å². The molecule has 164 valence electrons. The SMILES string of the molecule is COC(=O)c1ccccc1P(Br)(Cc1ccc(C#N)cc1)(c1ccccc1)c1ccccc1. The molecule has 5 heteroatoms. The Bertz CT molecular complexity index is 1280. The van der Waals surface area contributed by atoms with Crippen molar-refractivity contribution in [3.05, 3.63) is 126 Å². The fourth-order valence-corrected chi connectivity index (χ4v) is 12.5. The number of methoxy groups -OCH3 is 1. The van der Waals surface area contributed by atoms with Gasteiger partial charge in [-0.15, -0.1) is 0 Å². The normalized spacial score (nSPS) is 12.2. The number of carbonyl (C=O) groups is 1. The number of benzene rings is 4. The van der Waals surface area contributed by atoms with Crippen LogP contribution >= 0.6 is 20.8 Å². The van der Waals surface area contributed by atoms with E-state index in [1.807, 2.05) is 84.9 Å². The molecule has 0 heterocycles. The van der Waals surface area contributed by atoms with Crippen molar-refractivity contribution < 1.29 is 9.53 Å². The molecule has 0 aliphatic carbocycles. The second-order valence-electron chi connectivity index (χ2n) is 7.83. The maximum absolute atomic E-state index is 13.0. The van der Waals surface area contributed by atoms with E-state index in [1.54, 1.807) is 0 Å². The van der Waals surface area contributed by atoms with Gasteiger partial charge in [0.1, 0.15) is 0 Å². The summed E-state index contributed by atoms with van der Waals surface area (Å²) in [6, 6.07) is 38.1. The van der Waals surface area contributed by atoms with Crippen LogP contribution in [-0.2, 0) is 10.9 Å². The van der Waals surface area contributed by atoms with Crippen molar-refractivity contribution in [2.75, 3.05) is 7.11 Å². The molecule has 0 saturated carbocycles. The second kappa shape index (κ2) is 9.32. The Labute approximate surface area is 202 Å². The number of halogens is 1. The van der Waals surface area contributed by atoms with Gasteiger partial charge in [0.15, 0.2) is 0 Å². The Hall–Kier alpha value is -3.25. The van der Waals surface area contributed by atoms with E-state index in [1.165, 1.54) is 7.11 Å². The predicted molar refractivity (Wildman–Crippen MR) is 140 cm³/mol. The molecule has 0 amide bonds. The summed E-state index contributed by atoms with van der Waals surface area (Å²) in [5, 5.41) is 8.98. The molecule has 0 N–H and O–H groups in total.